The summed E-state index contributed by atoms with van der Waals surface area (Å²) < 4.78 is 32.8. The Morgan fingerprint density at radius 3 is 2.80 bits per heavy atom. The van der Waals surface area contributed by atoms with Crippen molar-refractivity contribution < 1.29 is 23.1 Å². The molecule has 112 valence electrons. The normalized spacial score (nSPS) is 21.0. The Bertz CT molecular complexity index is 615. The van der Waals surface area contributed by atoms with Gasteiger partial charge in [-0.2, -0.15) is 4.31 Å². The Hall–Kier alpha value is -0.000000000000000298. The molecule has 1 unspecified atom stereocenters. The molecule has 0 saturated carbocycles. The largest absolute Gasteiger partial charge is 0.481 e. The van der Waals surface area contributed by atoms with Crippen molar-refractivity contribution >= 4 is 59.2 Å². The Kier molecular flexibility index (Phi) is 5.24. The predicted molar refractivity (Wildman–Crippen MR) is 80.5 cm³/mol. The van der Waals surface area contributed by atoms with Crippen molar-refractivity contribution in [2.24, 2.45) is 0 Å². The zero-order chi connectivity index (χ0) is 14.9. The number of aliphatic carboxylic acids is 1. The molecular formula is C10H11Br2NO5S2. The molecule has 1 aromatic rings. The van der Waals surface area contributed by atoms with Crippen LogP contribution < -0.4 is 0 Å². The molecule has 1 atom stereocenters. The lowest BCUT2D eigenvalue weighted by Gasteiger charge is -2.31. The zero-order valence-electron chi connectivity index (χ0n) is 10.1. The number of carboxylic acid groups (broad SMARTS) is 1. The van der Waals surface area contributed by atoms with Crippen LogP contribution in [0.5, 0.6) is 0 Å². The molecule has 0 aromatic carbocycles. The third kappa shape index (κ3) is 3.60. The Morgan fingerprint density at radius 2 is 2.25 bits per heavy atom. The topological polar surface area (TPSA) is 83.9 Å². The van der Waals surface area contributed by atoms with Crippen LogP contribution >= 0.6 is 43.2 Å². The highest BCUT2D eigenvalue weighted by Gasteiger charge is 2.33. The number of carbonyl (C=O) groups is 1. The van der Waals surface area contributed by atoms with Crippen molar-refractivity contribution in [2.45, 2.75) is 17.4 Å². The van der Waals surface area contributed by atoms with Crippen LogP contribution in [0.3, 0.4) is 0 Å². The van der Waals surface area contributed by atoms with Gasteiger partial charge in [0.25, 0.3) is 0 Å². The zero-order valence-corrected chi connectivity index (χ0v) is 14.9. The number of thiophene rings is 1. The number of halogens is 2. The van der Waals surface area contributed by atoms with Crippen LogP contribution in [0.15, 0.2) is 18.5 Å². The maximum Gasteiger partial charge on any atom is 0.306 e. The molecular weight excluding hydrogens is 438 g/mol. The lowest BCUT2D eigenvalue weighted by molar-refractivity contribution is -0.141. The second-order valence-corrected chi connectivity index (χ2v) is 9.80. The summed E-state index contributed by atoms with van der Waals surface area (Å²) in [6, 6.07) is 1.53. The van der Waals surface area contributed by atoms with E-state index in [4.69, 9.17) is 9.84 Å². The van der Waals surface area contributed by atoms with E-state index in [1.54, 1.807) is 0 Å². The highest BCUT2D eigenvalue weighted by Crippen LogP contribution is 2.36. The van der Waals surface area contributed by atoms with E-state index in [9.17, 15) is 13.2 Å². The molecule has 2 rings (SSSR count). The monoisotopic (exact) mass is 447 g/mol. The lowest BCUT2D eigenvalue weighted by Crippen LogP contribution is -2.46. The fourth-order valence-corrected chi connectivity index (χ4v) is 7.09. The van der Waals surface area contributed by atoms with Gasteiger partial charge in [0.1, 0.15) is 4.90 Å². The molecule has 1 saturated heterocycles. The summed E-state index contributed by atoms with van der Waals surface area (Å²) in [5.74, 6) is -1.01. The predicted octanol–water partition coefficient (Wildman–Crippen LogP) is 2.14. The molecule has 0 bridgehead atoms. The van der Waals surface area contributed by atoms with Gasteiger partial charge in [-0.1, -0.05) is 0 Å². The number of sulfonamides is 1. The van der Waals surface area contributed by atoms with Crippen LogP contribution in [0.1, 0.15) is 6.42 Å². The van der Waals surface area contributed by atoms with Gasteiger partial charge in [0, 0.05) is 13.1 Å². The first-order chi connectivity index (χ1) is 9.30. The van der Waals surface area contributed by atoms with E-state index in [1.807, 2.05) is 0 Å². The summed E-state index contributed by atoms with van der Waals surface area (Å²) >= 11 is 7.75. The minimum absolute atomic E-state index is 0.0501. The summed E-state index contributed by atoms with van der Waals surface area (Å²) in [6.45, 7) is 0.465. The summed E-state index contributed by atoms with van der Waals surface area (Å²) in [4.78, 5) is 10.9. The molecule has 0 amide bonds. The molecule has 1 aromatic heterocycles. The summed E-state index contributed by atoms with van der Waals surface area (Å²) in [5, 5.41) is 8.76. The number of carboxylic acids is 1. The molecule has 20 heavy (non-hydrogen) atoms. The van der Waals surface area contributed by atoms with Crippen molar-refractivity contribution in [3.05, 3.63) is 13.6 Å². The molecule has 1 aliphatic heterocycles. The van der Waals surface area contributed by atoms with Gasteiger partial charge in [0.2, 0.25) is 10.0 Å². The molecule has 1 aliphatic rings. The fraction of sp³-hybridized carbons (Fsp3) is 0.500. The van der Waals surface area contributed by atoms with E-state index < -0.39 is 22.1 Å². The van der Waals surface area contributed by atoms with Gasteiger partial charge in [-0.3, -0.25) is 4.79 Å². The summed E-state index contributed by atoms with van der Waals surface area (Å²) in [7, 11) is -3.65. The minimum atomic E-state index is -3.65. The quantitative estimate of drug-likeness (QED) is 0.762. The number of nitrogens with zero attached hydrogens (tertiary/aromatic N) is 1. The highest BCUT2D eigenvalue weighted by molar-refractivity contribution is 9.12. The average molecular weight is 449 g/mol. The van der Waals surface area contributed by atoms with Gasteiger partial charge in [0.05, 0.1) is 26.7 Å². The molecule has 1 fully saturated rings. The van der Waals surface area contributed by atoms with Gasteiger partial charge in [-0.05, 0) is 37.9 Å². The van der Waals surface area contributed by atoms with Crippen molar-refractivity contribution in [1.29, 1.82) is 0 Å². The standard InChI is InChI=1S/C10H11Br2NO5S2/c11-8-4-7(10(12)19-8)20(16,17)13-1-2-18-6(5-13)3-9(14)15/h4,6H,1-3,5H2,(H,14,15). The first kappa shape index (κ1) is 16.4. The Balaban J connectivity index is 2.21. The number of hydrogen-bond acceptors (Lipinski definition) is 5. The number of ether oxygens (including phenoxy) is 1. The van der Waals surface area contributed by atoms with Crippen LogP contribution in [0, 0.1) is 0 Å². The van der Waals surface area contributed by atoms with E-state index in [-0.39, 0.29) is 31.0 Å². The lowest BCUT2D eigenvalue weighted by atomic mass is 10.2. The molecule has 0 aliphatic carbocycles. The molecule has 6 nitrogen and oxygen atoms in total. The van der Waals surface area contributed by atoms with Gasteiger partial charge < -0.3 is 9.84 Å². The second kappa shape index (κ2) is 6.41. The SMILES string of the molecule is O=C(O)CC1CN(S(=O)(=O)c2cc(Br)sc2Br)CCO1. The van der Waals surface area contributed by atoms with Crippen molar-refractivity contribution in [3.8, 4) is 0 Å². The first-order valence-corrected chi connectivity index (χ1v) is 9.43. The van der Waals surface area contributed by atoms with E-state index >= 15 is 0 Å². The van der Waals surface area contributed by atoms with Crippen LogP contribution in [0.2, 0.25) is 0 Å². The first-order valence-electron chi connectivity index (χ1n) is 5.59. The maximum atomic E-state index is 12.5. The number of rotatable bonds is 4. The van der Waals surface area contributed by atoms with Crippen LogP contribution in [-0.4, -0.2) is 49.6 Å². The maximum absolute atomic E-state index is 12.5. The van der Waals surface area contributed by atoms with Gasteiger partial charge in [-0.15, -0.1) is 11.3 Å². The van der Waals surface area contributed by atoms with Crippen LogP contribution in [0.4, 0.5) is 0 Å². The van der Waals surface area contributed by atoms with Gasteiger partial charge in [-0.25, -0.2) is 8.42 Å². The van der Waals surface area contributed by atoms with E-state index in [2.05, 4.69) is 31.9 Å². The summed E-state index contributed by atoms with van der Waals surface area (Å²) in [5.41, 5.74) is 0. The van der Waals surface area contributed by atoms with Crippen molar-refractivity contribution in [3.63, 3.8) is 0 Å². The average Bonchev–Trinajstić information content (AvgIpc) is 2.68. The van der Waals surface area contributed by atoms with E-state index in [0.717, 1.165) is 0 Å². The van der Waals surface area contributed by atoms with Gasteiger partial charge >= 0.3 is 5.97 Å². The molecule has 0 radical (unpaired) electrons. The van der Waals surface area contributed by atoms with E-state index in [1.165, 1.54) is 21.7 Å². The van der Waals surface area contributed by atoms with Gasteiger partial charge in [0.15, 0.2) is 0 Å². The van der Waals surface area contributed by atoms with E-state index in [0.29, 0.717) is 7.57 Å². The van der Waals surface area contributed by atoms with Crippen LogP contribution in [0.25, 0.3) is 0 Å². The third-order valence-corrected chi connectivity index (χ3v) is 7.37. The number of morpholine rings is 1. The second-order valence-electron chi connectivity index (χ2n) is 4.14. The highest BCUT2D eigenvalue weighted by atomic mass is 79.9. The van der Waals surface area contributed by atoms with Crippen molar-refractivity contribution in [1.82, 2.24) is 4.31 Å². The van der Waals surface area contributed by atoms with Crippen LogP contribution in [-0.2, 0) is 19.6 Å². The Labute approximate surface area is 137 Å². The Morgan fingerprint density at radius 1 is 1.55 bits per heavy atom. The smallest absolute Gasteiger partial charge is 0.306 e. The van der Waals surface area contributed by atoms with Crippen molar-refractivity contribution in [2.75, 3.05) is 19.7 Å². The summed E-state index contributed by atoms with van der Waals surface area (Å²) in [6.07, 6.45) is -0.822. The number of hydrogen-bond donors (Lipinski definition) is 1. The molecule has 10 heteroatoms. The minimum Gasteiger partial charge on any atom is -0.481 e. The molecule has 1 N–H and O–H groups in total. The third-order valence-electron chi connectivity index (χ3n) is 2.75. The molecule has 0 spiro atoms. The molecule has 2 heterocycles. The fourth-order valence-electron chi connectivity index (χ4n) is 1.87.